The highest BCUT2D eigenvalue weighted by atomic mass is 19.1. The van der Waals surface area contributed by atoms with Crippen LogP contribution in [-0.4, -0.2) is 36.1 Å². The van der Waals surface area contributed by atoms with Crippen LogP contribution in [0.15, 0.2) is 58.1 Å². The van der Waals surface area contributed by atoms with Crippen molar-refractivity contribution in [1.82, 2.24) is 19.1 Å². The summed E-state index contributed by atoms with van der Waals surface area (Å²) in [5.74, 6) is -2.05. The van der Waals surface area contributed by atoms with E-state index in [0.717, 1.165) is 10.1 Å². The fraction of sp³-hybridized carbons (Fsp3) is 0.269. The number of imidazole rings is 1. The van der Waals surface area contributed by atoms with Crippen molar-refractivity contribution in [2.24, 2.45) is 11.8 Å². The minimum atomic E-state index is -0.931. The van der Waals surface area contributed by atoms with Gasteiger partial charge in [0.2, 0.25) is 5.91 Å². The number of fused-ring (bicyclic) bond motifs is 1. The molecule has 2 aromatic heterocycles. The van der Waals surface area contributed by atoms with Crippen LogP contribution < -0.4 is 16.6 Å². The second kappa shape index (κ2) is 9.49. The molecule has 0 radical (unpaired) electrons. The molecule has 0 unspecified atom stereocenters. The fourth-order valence-corrected chi connectivity index (χ4v) is 4.49. The number of aliphatic carboxylic acids is 1. The van der Waals surface area contributed by atoms with Crippen molar-refractivity contribution < 1.29 is 19.1 Å². The molecule has 2 atom stereocenters. The minimum Gasteiger partial charge on any atom is -0.481 e. The number of aromatic nitrogens is 4. The van der Waals surface area contributed by atoms with Gasteiger partial charge in [0.15, 0.2) is 5.65 Å². The standard InChI is InChI=1S/C26H24FN5O5/c1-14(33)28-18-8-6-15(7-9-18)10-21-29-22-23(30-21)31(13-17-11-19(17)25(35)36)26(37)32(24(22)34)12-16-4-2-3-5-20(16)27/h2-9,17,19H,10-13H2,1H3,(H,28,33)(H,29,30)(H,35,36)/t17-,19-/m0/s1. The fourth-order valence-electron chi connectivity index (χ4n) is 4.49. The Kier molecular flexibility index (Phi) is 6.20. The van der Waals surface area contributed by atoms with Crippen LogP contribution in [-0.2, 0) is 29.1 Å². The number of carbonyl (C=O) groups excluding carboxylic acids is 1. The van der Waals surface area contributed by atoms with E-state index >= 15 is 0 Å². The van der Waals surface area contributed by atoms with Gasteiger partial charge in [0.25, 0.3) is 5.56 Å². The van der Waals surface area contributed by atoms with E-state index in [9.17, 15) is 28.7 Å². The maximum absolute atomic E-state index is 14.3. The summed E-state index contributed by atoms with van der Waals surface area (Å²) in [6.45, 7) is 1.23. The molecule has 5 rings (SSSR count). The van der Waals surface area contributed by atoms with Gasteiger partial charge in [-0.05, 0) is 36.1 Å². The van der Waals surface area contributed by atoms with E-state index in [2.05, 4.69) is 15.3 Å². The van der Waals surface area contributed by atoms with Gasteiger partial charge in [0, 0.05) is 31.1 Å². The number of carbonyl (C=O) groups is 2. The smallest absolute Gasteiger partial charge is 0.333 e. The Morgan fingerprint density at radius 1 is 1.14 bits per heavy atom. The van der Waals surface area contributed by atoms with Crippen molar-refractivity contribution in [3.8, 4) is 0 Å². The Bertz CT molecular complexity index is 1640. The van der Waals surface area contributed by atoms with Crippen molar-refractivity contribution in [3.05, 3.63) is 92.1 Å². The first kappa shape index (κ1) is 24.2. The van der Waals surface area contributed by atoms with Crippen LogP contribution in [0.2, 0.25) is 0 Å². The summed E-state index contributed by atoms with van der Waals surface area (Å²) in [6.07, 6.45) is 0.741. The van der Waals surface area contributed by atoms with Crippen molar-refractivity contribution >= 4 is 28.7 Å². The zero-order valence-electron chi connectivity index (χ0n) is 19.9. The summed E-state index contributed by atoms with van der Waals surface area (Å²) in [5, 5.41) is 12.0. The molecule has 0 spiro atoms. The number of anilines is 1. The number of benzene rings is 2. The van der Waals surface area contributed by atoms with Gasteiger partial charge in [-0.15, -0.1) is 0 Å². The molecule has 1 amide bonds. The van der Waals surface area contributed by atoms with Crippen LogP contribution in [0.25, 0.3) is 11.2 Å². The lowest BCUT2D eigenvalue weighted by Crippen LogP contribution is -2.41. The zero-order valence-corrected chi connectivity index (χ0v) is 19.9. The highest BCUT2D eigenvalue weighted by Gasteiger charge is 2.43. The first-order valence-electron chi connectivity index (χ1n) is 11.8. The number of hydrogen-bond donors (Lipinski definition) is 3. The Hall–Kier alpha value is -4.54. The van der Waals surface area contributed by atoms with Crippen molar-refractivity contribution in [3.63, 3.8) is 0 Å². The highest BCUT2D eigenvalue weighted by Crippen LogP contribution is 2.39. The lowest BCUT2D eigenvalue weighted by molar-refractivity contribution is -0.138. The van der Waals surface area contributed by atoms with Gasteiger partial charge >= 0.3 is 11.7 Å². The number of aromatic amines is 1. The largest absolute Gasteiger partial charge is 0.481 e. The molecule has 10 nitrogen and oxygen atoms in total. The van der Waals surface area contributed by atoms with Gasteiger partial charge in [-0.3, -0.25) is 23.5 Å². The number of nitrogens with zero attached hydrogens (tertiary/aromatic N) is 3. The van der Waals surface area contributed by atoms with E-state index in [1.165, 1.54) is 29.7 Å². The van der Waals surface area contributed by atoms with E-state index in [1.54, 1.807) is 18.2 Å². The van der Waals surface area contributed by atoms with Gasteiger partial charge < -0.3 is 15.4 Å². The van der Waals surface area contributed by atoms with Crippen LogP contribution in [0.1, 0.15) is 30.3 Å². The van der Waals surface area contributed by atoms with Crippen LogP contribution in [0.4, 0.5) is 10.1 Å². The summed E-state index contributed by atoms with van der Waals surface area (Å²) < 4.78 is 16.6. The summed E-state index contributed by atoms with van der Waals surface area (Å²) in [6, 6.07) is 13.0. The SMILES string of the molecule is CC(=O)Nc1ccc(Cc2nc3c([nH]2)c(=O)n(Cc2ccccc2F)c(=O)n3C[C@@H]2C[C@@H]2C(=O)O)cc1. The summed E-state index contributed by atoms with van der Waals surface area (Å²) >= 11 is 0. The zero-order chi connectivity index (χ0) is 26.3. The molecular weight excluding hydrogens is 481 g/mol. The number of carboxylic acids is 1. The van der Waals surface area contributed by atoms with Gasteiger partial charge in [-0.2, -0.15) is 0 Å². The number of hydrogen-bond acceptors (Lipinski definition) is 5. The topological polar surface area (TPSA) is 139 Å². The van der Waals surface area contributed by atoms with Crippen LogP contribution in [0, 0.1) is 17.7 Å². The van der Waals surface area contributed by atoms with Crippen molar-refractivity contribution in [1.29, 1.82) is 0 Å². The summed E-state index contributed by atoms with van der Waals surface area (Å²) in [5.41, 5.74) is 0.597. The molecule has 0 saturated heterocycles. The van der Waals surface area contributed by atoms with Crippen molar-refractivity contribution in [2.75, 3.05) is 5.32 Å². The summed E-state index contributed by atoms with van der Waals surface area (Å²) in [7, 11) is 0. The van der Waals surface area contributed by atoms with E-state index in [1.807, 2.05) is 12.1 Å². The second-order valence-corrected chi connectivity index (χ2v) is 9.25. The molecule has 0 aliphatic heterocycles. The maximum atomic E-state index is 14.3. The molecule has 1 fully saturated rings. The molecule has 11 heteroatoms. The Labute approximate surface area is 209 Å². The predicted molar refractivity (Wildman–Crippen MR) is 133 cm³/mol. The molecule has 37 heavy (non-hydrogen) atoms. The van der Waals surface area contributed by atoms with E-state index in [0.29, 0.717) is 24.4 Å². The molecular formula is C26H24FN5O5. The monoisotopic (exact) mass is 505 g/mol. The lowest BCUT2D eigenvalue weighted by Gasteiger charge is -2.11. The van der Waals surface area contributed by atoms with E-state index in [-0.39, 0.29) is 41.6 Å². The quantitative estimate of drug-likeness (QED) is 0.336. The van der Waals surface area contributed by atoms with Gasteiger partial charge in [-0.1, -0.05) is 30.3 Å². The molecule has 2 aromatic carbocycles. The Morgan fingerprint density at radius 3 is 2.51 bits per heavy atom. The normalized spacial score (nSPS) is 16.6. The lowest BCUT2D eigenvalue weighted by atomic mass is 10.1. The third kappa shape index (κ3) is 4.92. The van der Waals surface area contributed by atoms with E-state index in [4.69, 9.17) is 0 Å². The predicted octanol–water partition coefficient (Wildman–Crippen LogP) is 2.34. The van der Waals surface area contributed by atoms with Gasteiger partial charge in [0.1, 0.15) is 17.2 Å². The molecule has 3 N–H and O–H groups in total. The molecule has 1 saturated carbocycles. The maximum Gasteiger partial charge on any atom is 0.333 e. The van der Waals surface area contributed by atoms with Gasteiger partial charge in [-0.25, -0.2) is 14.2 Å². The third-order valence-corrected chi connectivity index (χ3v) is 6.50. The van der Waals surface area contributed by atoms with Crippen LogP contribution in [0.3, 0.4) is 0 Å². The molecule has 1 aliphatic rings. The molecule has 1 aliphatic carbocycles. The van der Waals surface area contributed by atoms with Crippen LogP contribution in [0.5, 0.6) is 0 Å². The minimum absolute atomic E-state index is 0.0829. The first-order valence-corrected chi connectivity index (χ1v) is 11.8. The van der Waals surface area contributed by atoms with Gasteiger partial charge in [0.05, 0.1) is 12.5 Å². The first-order chi connectivity index (χ1) is 17.7. The number of H-pyrrole nitrogens is 1. The molecule has 4 aromatic rings. The number of amides is 1. The Balaban J connectivity index is 1.55. The number of rotatable bonds is 8. The molecule has 190 valence electrons. The number of nitrogens with one attached hydrogen (secondary N) is 2. The third-order valence-electron chi connectivity index (χ3n) is 6.50. The molecule has 0 bridgehead atoms. The van der Waals surface area contributed by atoms with E-state index < -0.39 is 29.0 Å². The average molecular weight is 506 g/mol. The summed E-state index contributed by atoms with van der Waals surface area (Å²) in [4.78, 5) is 56.9. The Morgan fingerprint density at radius 2 is 1.86 bits per heavy atom. The van der Waals surface area contributed by atoms with Crippen molar-refractivity contribution in [2.45, 2.75) is 32.9 Å². The highest BCUT2D eigenvalue weighted by molar-refractivity contribution is 5.88. The molecule has 2 heterocycles. The van der Waals surface area contributed by atoms with Crippen LogP contribution >= 0.6 is 0 Å². The second-order valence-electron chi connectivity index (χ2n) is 9.25. The number of carboxylic acid groups (broad SMARTS) is 1. The number of halogens is 1. The average Bonchev–Trinajstić information content (AvgIpc) is 3.52.